The van der Waals surface area contributed by atoms with Crippen molar-refractivity contribution >= 4 is 0 Å². The van der Waals surface area contributed by atoms with Crippen LogP contribution in [0, 0.1) is 23.7 Å². The van der Waals surface area contributed by atoms with Gasteiger partial charge < -0.3 is 10.6 Å². The summed E-state index contributed by atoms with van der Waals surface area (Å²) < 4.78 is 0. The normalized spacial score (nSPS) is 34.2. The second kappa shape index (κ2) is 5.27. The monoisotopic (exact) mass is 236 g/mol. The van der Waals surface area contributed by atoms with Crippen LogP contribution in [-0.4, -0.2) is 25.7 Å². The summed E-state index contributed by atoms with van der Waals surface area (Å²) in [5.74, 6) is 4.06. The van der Waals surface area contributed by atoms with Crippen molar-refractivity contribution in [1.29, 1.82) is 0 Å². The van der Waals surface area contributed by atoms with Gasteiger partial charge in [0, 0.05) is 12.6 Å². The lowest BCUT2D eigenvalue weighted by Gasteiger charge is -2.31. The molecule has 2 atom stereocenters. The molecular formula is C15H28N2. The van der Waals surface area contributed by atoms with E-state index in [0.717, 1.165) is 29.7 Å². The molecule has 2 saturated carbocycles. The fourth-order valence-corrected chi connectivity index (χ4v) is 3.56. The molecule has 17 heavy (non-hydrogen) atoms. The average Bonchev–Trinajstić information content (AvgIpc) is 3.18. The molecule has 2 nitrogen and oxygen atoms in total. The van der Waals surface area contributed by atoms with Crippen LogP contribution in [0.5, 0.6) is 0 Å². The van der Waals surface area contributed by atoms with E-state index in [0.29, 0.717) is 0 Å². The Morgan fingerprint density at radius 1 is 1.12 bits per heavy atom. The zero-order valence-corrected chi connectivity index (χ0v) is 11.3. The van der Waals surface area contributed by atoms with E-state index in [1.165, 1.54) is 58.2 Å². The van der Waals surface area contributed by atoms with Crippen LogP contribution < -0.4 is 10.6 Å². The van der Waals surface area contributed by atoms with Gasteiger partial charge in [-0.05, 0) is 75.3 Å². The number of nitrogens with one attached hydrogen (secondary N) is 2. The van der Waals surface area contributed by atoms with Gasteiger partial charge in [-0.15, -0.1) is 0 Å². The first-order chi connectivity index (χ1) is 8.34. The van der Waals surface area contributed by atoms with E-state index < -0.39 is 0 Å². The van der Waals surface area contributed by atoms with Crippen LogP contribution in [0.3, 0.4) is 0 Å². The van der Waals surface area contributed by atoms with Crippen molar-refractivity contribution in [1.82, 2.24) is 10.6 Å². The van der Waals surface area contributed by atoms with Gasteiger partial charge in [-0.3, -0.25) is 0 Å². The zero-order valence-electron chi connectivity index (χ0n) is 11.3. The van der Waals surface area contributed by atoms with Crippen LogP contribution in [-0.2, 0) is 0 Å². The SMILES string of the molecule is CC1CCCNC1CNCC(C1CC1)C1CC1. The maximum atomic E-state index is 3.77. The third-order valence-electron chi connectivity index (χ3n) is 5.13. The summed E-state index contributed by atoms with van der Waals surface area (Å²) in [6, 6.07) is 0.725. The van der Waals surface area contributed by atoms with Gasteiger partial charge in [0.25, 0.3) is 0 Å². The average molecular weight is 236 g/mol. The molecule has 2 unspecified atom stereocenters. The Morgan fingerprint density at radius 2 is 1.82 bits per heavy atom. The third kappa shape index (κ3) is 3.23. The lowest BCUT2D eigenvalue weighted by Crippen LogP contribution is -2.47. The highest BCUT2D eigenvalue weighted by Crippen LogP contribution is 2.48. The van der Waals surface area contributed by atoms with E-state index in [1.807, 2.05) is 0 Å². The van der Waals surface area contributed by atoms with Gasteiger partial charge in [-0.25, -0.2) is 0 Å². The highest BCUT2D eigenvalue weighted by Gasteiger charge is 2.40. The smallest absolute Gasteiger partial charge is 0.0218 e. The molecule has 1 heterocycles. The Balaban J connectivity index is 1.38. The maximum absolute atomic E-state index is 3.77. The summed E-state index contributed by atoms with van der Waals surface area (Å²) in [6.07, 6.45) is 8.84. The van der Waals surface area contributed by atoms with Gasteiger partial charge in [0.1, 0.15) is 0 Å². The second-order valence-electron chi connectivity index (χ2n) is 6.68. The van der Waals surface area contributed by atoms with Crippen LogP contribution in [0.15, 0.2) is 0 Å². The minimum Gasteiger partial charge on any atom is -0.315 e. The van der Waals surface area contributed by atoms with Crippen molar-refractivity contribution in [3.63, 3.8) is 0 Å². The molecule has 0 spiro atoms. The number of rotatable bonds is 6. The molecule has 0 aromatic heterocycles. The zero-order chi connectivity index (χ0) is 11.7. The molecule has 0 radical (unpaired) electrons. The first kappa shape index (κ1) is 12.0. The fraction of sp³-hybridized carbons (Fsp3) is 1.00. The van der Waals surface area contributed by atoms with E-state index in [4.69, 9.17) is 0 Å². The molecular weight excluding hydrogens is 208 g/mol. The molecule has 1 aliphatic heterocycles. The minimum absolute atomic E-state index is 0.725. The number of hydrogen-bond acceptors (Lipinski definition) is 2. The predicted molar refractivity (Wildman–Crippen MR) is 72.0 cm³/mol. The molecule has 3 rings (SSSR count). The van der Waals surface area contributed by atoms with Crippen LogP contribution >= 0.6 is 0 Å². The molecule has 98 valence electrons. The lowest BCUT2D eigenvalue weighted by atomic mass is 9.92. The number of hydrogen-bond donors (Lipinski definition) is 2. The Hall–Kier alpha value is -0.0800. The van der Waals surface area contributed by atoms with Crippen molar-refractivity contribution in [2.75, 3.05) is 19.6 Å². The largest absolute Gasteiger partial charge is 0.315 e. The number of piperidine rings is 1. The van der Waals surface area contributed by atoms with E-state index in [-0.39, 0.29) is 0 Å². The van der Waals surface area contributed by atoms with Crippen LogP contribution in [0.25, 0.3) is 0 Å². The van der Waals surface area contributed by atoms with Crippen molar-refractivity contribution < 1.29 is 0 Å². The van der Waals surface area contributed by atoms with Gasteiger partial charge in [-0.2, -0.15) is 0 Å². The molecule has 3 fully saturated rings. The topological polar surface area (TPSA) is 24.1 Å². The highest BCUT2D eigenvalue weighted by atomic mass is 15.0. The molecule has 1 saturated heterocycles. The molecule has 0 aromatic rings. The van der Waals surface area contributed by atoms with E-state index in [1.54, 1.807) is 0 Å². The predicted octanol–water partition coefficient (Wildman–Crippen LogP) is 2.40. The van der Waals surface area contributed by atoms with Gasteiger partial charge in [-0.1, -0.05) is 6.92 Å². The van der Waals surface area contributed by atoms with Gasteiger partial charge >= 0.3 is 0 Å². The van der Waals surface area contributed by atoms with Crippen LogP contribution in [0.2, 0.25) is 0 Å². The molecule has 2 heteroatoms. The minimum atomic E-state index is 0.725. The lowest BCUT2D eigenvalue weighted by molar-refractivity contribution is 0.279. The van der Waals surface area contributed by atoms with E-state index >= 15 is 0 Å². The maximum Gasteiger partial charge on any atom is 0.0218 e. The fourth-order valence-electron chi connectivity index (χ4n) is 3.56. The van der Waals surface area contributed by atoms with Gasteiger partial charge in [0.15, 0.2) is 0 Å². The summed E-state index contributed by atoms with van der Waals surface area (Å²) >= 11 is 0. The summed E-state index contributed by atoms with van der Waals surface area (Å²) in [5.41, 5.74) is 0. The van der Waals surface area contributed by atoms with Crippen molar-refractivity contribution in [3.8, 4) is 0 Å². The van der Waals surface area contributed by atoms with Crippen LogP contribution in [0.1, 0.15) is 45.4 Å². The molecule has 2 aliphatic carbocycles. The Morgan fingerprint density at radius 3 is 2.41 bits per heavy atom. The summed E-state index contributed by atoms with van der Waals surface area (Å²) in [7, 11) is 0. The quantitative estimate of drug-likeness (QED) is 0.740. The van der Waals surface area contributed by atoms with Gasteiger partial charge in [0.05, 0.1) is 0 Å². The van der Waals surface area contributed by atoms with Crippen molar-refractivity contribution in [2.24, 2.45) is 23.7 Å². The first-order valence-corrected chi connectivity index (χ1v) is 7.78. The van der Waals surface area contributed by atoms with E-state index in [9.17, 15) is 0 Å². The standard InChI is InChI=1S/C15H28N2/c1-11-3-2-8-17-15(11)10-16-9-14(12-4-5-12)13-6-7-13/h11-17H,2-10H2,1H3. The summed E-state index contributed by atoms with van der Waals surface area (Å²) in [6.45, 7) is 6.11. The highest BCUT2D eigenvalue weighted by molar-refractivity contribution is 4.93. The summed E-state index contributed by atoms with van der Waals surface area (Å²) in [4.78, 5) is 0. The molecule has 0 bridgehead atoms. The molecule has 3 aliphatic rings. The van der Waals surface area contributed by atoms with Crippen LogP contribution in [0.4, 0.5) is 0 Å². The second-order valence-corrected chi connectivity index (χ2v) is 6.68. The molecule has 2 N–H and O–H groups in total. The molecule has 0 aromatic carbocycles. The first-order valence-electron chi connectivity index (χ1n) is 7.78. The summed E-state index contributed by atoms with van der Waals surface area (Å²) in [5, 5.41) is 7.44. The Labute approximate surface area is 106 Å². The molecule has 0 amide bonds. The Kier molecular flexibility index (Phi) is 3.72. The third-order valence-corrected chi connectivity index (χ3v) is 5.13. The van der Waals surface area contributed by atoms with Crippen molar-refractivity contribution in [3.05, 3.63) is 0 Å². The van der Waals surface area contributed by atoms with Crippen molar-refractivity contribution in [2.45, 2.75) is 51.5 Å². The Bertz CT molecular complexity index is 233. The van der Waals surface area contributed by atoms with E-state index in [2.05, 4.69) is 17.6 Å². The van der Waals surface area contributed by atoms with Gasteiger partial charge in [0.2, 0.25) is 0 Å².